The molecule has 1 N–H and O–H groups in total. The molecule has 0 saturated heterocycles. The smallest absolute Gasteiger partial charge is 0.341 e. The fourth-order valence-electron chi connectivity index (χ4n) is 3.05. The zero-order valence-corrected chi connectivity index (χ0v) is 17.4. The lowest BCUT2D eigenvalue weighted by atomic mass is 10.1. The molecule has 1 aromatic carbocycles. The summed E-state index contributed by atoms with van der Waals surface area (Å²) in [6.45, 7) is 2.05. The topological polar surface area (TPSA) is 68.3 Å². The first kappa shape index (κ1) is 19.7. The van der Waals surface area contributed by atoms with E-state index in [-0.39, 0.29) is 24.8 Å². The Labute approximate surface area is 175 Å². The minimum Gasteiger partial charge on any atom is -0.462 e. The van der Waals surface area contributed by atoms with Gasteiger partial charge in [0.25, 0.3) is 0 Å². The molecule has 1 saturated carbocycles. The van der Waals surface area contributed by atoms with Crippen molar-refractivity contribution < 1.29 is 18.7 Å². The van der Waals surface area contributed by atoms with Gasteiger partial charge in [0.05, 0.1) is 24.3 Å². The Balaban J connectivity index is 1.47. The van der Waals surface area contributed by atoms with Crippen LogP contribution in [-0.4, -0.2) is 23.5 Å². The summed E-state index contributed by atoms with van der Waals surface area (Å²) in [6.07, 6.45) is 2.18. The molecule has 1 aliphatic carbocycles. The Morgan fingerprint density at radius 3 is 2.83 bits per heavy atom. The molecule has 1 fully saturated rings. The van der Waals surface area contributed by atoms with E-state index in [2.05, 4.69) is 10.3 Å². The van der Waals surface area contributed by atoms with Crippen molar-refractivity contribution in [3.05, 3.63) is 57.7 Å². The van der Waals surface area contributed by atoms with Crippen LogP contribution in [0.3, 0.4) is 0 Å². The minimum atomic E-state index is -0.395. The van der Waals surface area contributed by atoms with E-state index in [4.69, 9.17) is 4.74 Å². The number of rotatable bonds is 7. The SMILES string of the molecule is CCOC(=O)c1c(C2CC2)csc1NC(=O)Cc1csc(-c2cccc(F)c2)n1. The number of amides is 1. The molecule has 3 aromatic rings. The zero-order valence-electron chi connectivity index (χ0n) is 15.7. The quantitative estimate of drug-likeness (QED) is 0.520. The van der Waals surface area contributed by atoms with Gasteiger partial charge < -0.3 is 10.1 Å². The molecular formula is C21H19FN2O3S2. The van der Waals surface area contributed by atoms with E-state index < -0.39 is 5.97 Å². The molecular weight excluding hydrogens is 411 g/mol. The van der Waals surface area contributed by atoms with Gasteiger partial charge in [-0.3, -0.25) is 4.79 Å². The third kappa shape index (κ3) is 4.54. The molecule has 2 aromatic heterocycles. The second-order valence-corrected chi connectivity index (χ2v) is 8.51. The molecule has 4 rings (SSSR count). The highest BCUT2D eigenvalue weighted by atomic mass is 32.1. The Hall–Kier alpha value is -2.58. The molecule has 1 aliphatic rings. The molecule has 2 heterocycles. The summed E-state index contributed by atoms with van der Waals surface area (Å²) in [5.74, 6) is -0.597. The van der Waals surface area contributed by atoms with E-state index in [1.807, 2.05) is 5.38 Å². The average molecular weight is 431 g/mol. The Morgan fingerprint density at radius 1 is 1.28 bits per heavy atom. The number of carbonyl (C=O) groups is 2. The van der Waals surface area contributed by atoms with E-state index in [0.717, 1.165) is 18.4 Å². The van der Waals surface area contributed by atoms with Gasteiger partial charge >= 0.3 is 5.97 Å². The molecule has 0 unspecified atom stereocenters. The fourth-order valence-corrected chi connectivity index (χ4v) is 4.91. The second kappa shape index (κ2) is 8.42. The van der Waals surface area contributed by atoms with Crippen LogP contribution in [0.2, 0.25) is 0 Å². The predicted molar refractivity (Wildman–Crippen MR) is 112 cm³/mol. The van der Waals surface area contributed by atoms with Crippen LogP contribution in [0.4, 0.5) is 9.39 Å². The molecule has 0 aliphatic heterocycles. The van der Waals surface area contributed by atoms with Crippen molar-refractivity contribution in [2.24, 2.45) is 0 Å². The molecule has 5 nitrogen and oxygen atoms in total. The standard InChI is InChI=1S/C21H19FN2O3S2/c1-2-27-21(26)18-16(12-6-7-12)11-29-20(18)24-17(25)9-15-10-28-19(23-15)13-4-3-5-14(22)8-13/h3-5,8,10-12H,2,6-7,9H2,1H3,(H,24,25). The van der Waals surface area contributed by atoms with Crippen molar-refractivity contribution in [1.29, 1.82) is 0 Å². The maximum Gasteiger partial charge on any atom is 0.341 e. The number of nitrogens with zero attached hydrogens (tertiary/aromatic N) is 1. The Kier molecular flexibility index (Phi) is 5.73. The highest BCUT2D eigenvalue weighted by Crippen LogP contribution is 2.46. The lowest BCUT2D eigenvalue weighted by Crippen LogP contribution is -2.17. The molecule has 0 radical (unpaired) electrons. The number of esters is 1. The van der Waals surface area contributed by atoms with Crippen LogP contribution in [0.15, 0.2) is 35.0 Å². The monoisotopic (exact) mass is 430 g/mol. The van der Waals surface area contributed by atoms with Crippen LogP contribution in [0.5, 0.6) is 0 Å². The third-order valence-corrected chi connectivity index (χ3v) is 6.39. The molecule has 150 valence electrons. The first-order chi connectivity index (χ1) is 14.0. The summed E-state index contributed by atoms with van der Waals surface area (Å²) in [5, 5.41) is 7.75. The summed E-state index contributed by atoms with van der Waals surface area (Å²) in [4.78, 5) is 29.4. The van der Waals surface area contributed by atoms with E-state index in [0.29, 0.717) is 32.7 Å². The van der Waals surface area contributed by atoms with Gasteiger partial charge in [-0.15, -0.1) is 22.7 Å². The van der Waals surface area contributed by atoms with Crippen LogP contribution in [0.25, 0.3) is 10.6 Å². The maximum absolute atomic E-state index is 13.4. The molecule has 1 amide bonds. The van der Waals surface area contributed by atoms with Crippen molar-refractivity contribution in [1.82, 2.24) is 4.98 Å². The largest absolute Gasteiger partial charge is 0.462 e. The Morgan fingerprint density at radius 2 is 2.10 bits per heavy atom. The lowest BCUT2D eigenvalue weighted by molar-refractivity contribution is -0.115. The number of benzene rings is 1. The van der Waals surface area contributed by atoms with Gasteiger partial charge in [0, 0.05) is 10.9 Å². The number of thiazole rings is 1. The van der Waals surface area contributed by atoms with E-state index in [1.54, 1.807) is 24.4 Å². The van der Waals surface area contributed by atoms with Crippen LogP contribution >= 0.6 is 22.7 Å². The molecule has 0 atom stereocenters. The highest BCUT2D eigenvalue weighted by molar-refractivity contribution is 7.15. The number of halogens is 1. The molecule has 29 heavy (non-hydrogen) atoms. The van der Waals surface area contributed by atoms with E-state index in [1.165, 1.54) is 34.8 Å². The first-order valence-corrected chi connectivity index (χ1v) is 11.1. The third-order valence-electron chi connectivity index (χ3n) is 4.53. The number of anilines is 1. The van der Waals surface area contributed by atoms with Gasteiger partial charge in [0.2, 0.25) is 5.91 Å². The van der Waals surface area contributed by atoms with Gasteiger partial charge in [-0.05, 0) is 48.8 Å². The van der Waals surface area contributed by atoms with Gasteiger partial charge in [0.1, 0.15) is 15.8 Å². The number of nitrogens with one attached hydrogen (secondary N) is 1. The summed E-state index contributed by atoms with van der Waals surface area (Å²) in [7, 11) is 0. The van der Waals surface area contributed by atoms with E-state index in [9.17, 15) is 14.0 Å². The number of aromatic nitrogens is 1. The summed E-state index contributed by atoms with van der Waals surface area (Å²) in [5.41, 5.74) is 2.72. The fraction of sp³-hybridized carbons (Fsp3) is 0.286. The normalized spacial score (nSPS) is 13.3. The van der Waals surface area contributed by atoms with Crippen molar-refractivity contribution in [3.8, 4) is 10.6 Å². The number of ether oxygens (including phenoxy) is 1. The van der Waals surface area contributed by atoms with Crippen LogP contribution in [0, 0.1) is 5.82 Å². The molecule has 0 bridgehead atoms. The van der Waals surface area contributed by atoms with Crippen molar-refractivity contribution in [2.75, 3.05) is 11.9 Å². The van der Waals surface area contributed by atoms with Crippen molar-refractivity contribution >= 4 is 39.6 Å². The van der Waals surface area contributed by atoms with Crippen LogP contribution < -0.4 is 5.32 Å². The minimum absolute atomic E-state index is 0.0741. The summed E-state index contributed by atoms with van der Waals surface area (Å²) in [6, 6.07) is 6.20. The molecule has 0 spiro atoms. The predicted octanol–water partition coefficient (Wildman–Crippen LogP) is 5.25. The van der Waals surface area contributed by atoms with Gasteiger partial charge in [0.15, 0.2) is 0 Å². The van der Waals surface area contributed by atoms with Gasteiger partial charge in [-0.2, -0.15) is 0 Å². The second-order valence-electron chi connectivity index (χ2n) is 6.77. The van der Waals surface area contributed by atoms with Crippen LogP contribution in [-0.2, 0) is 16.0 Å². The number of carbonyl (C=O) groups excluding carboxylic acids is 2. The van der Waals surface area contributed by atoms with Crippen molar-refractivity contribution in [2.45, 2.75) is 32.1 Å². The Bertz CT molecular complexity index is 1060. The number of hydrogen-bond donors (Lipinski definition) is 1. The van der Waals surface area contributed by atoms with Crippen molar-refractivity contribution in [3.63, 3.8) is 0 Å². The van der Waals surface area contributed by atoms with Crippen LogP contribution in [0.1, 0.15) is 47.3 Å². The number of hydrogen-bond acceptors (Lipinski definition) is 6. The zero-order chi connectivity index (χ0) is 20.4. The first-order valence-electron chi connectivity index (χ1n) is 9.33. The molecule has 8 heteroatoms. The van der Waals surface area contributed by atoms with Gasteiger partial charge in [-0.25, -0.2) is 14.2 Å². The maximum atomic E-state index is 13.4. The van der Waals surface area contributed by atoms with Gasteiger partial charge in [-0.1, -0.05) is 12.1 Å². The summed E-state index contributed by atoms with van der Waals surface area (Å²) >= 11 is 2.71. The summed E-state index contributed by atoms with van der Waals surface area (Å²) < 4.78 is 18.6. The highest BCUT2D eigenvalue weighted by Gasteiger charge is 2.32. The lowest BCUT2D eigenvalue weighted by Gasteiger charge is -2.07. The van der Waals surface area contributed by atoms with E-state index >= 15 is 0 Å². The number of thiophene rings is 1. The average Bonchev–Trinajstić information content (AvgIpc) is 3.28.